The van der Waals surface area contributed by atoms with Gasteiger partial charge in [0.1, 0.15) is 5.75 Å². The van der Waals surface area contributed by atoms with Gasteiger partial charge in [-0.25, -0.2) is 0 Å². The number of Topliss-reactive ketones (excluding diaryl/α,β-unsaturated/α-hetero) is 1. The smallest absolute Gasteiger partial charge is 0.313 e. The minimum absolute atomic E-state index is 0.114. The van der Waals surface area contributed by atoms with Crippen LogP contribution in [0.2, 0.25) is 0 Å². The molecule has 0 unspecified atom stereocenters. The SMILES string of the molecule is COc1ccccc1CCNC(=O)C(=O)Nc1cccc(C(C)=O)c1. The second kappa shape index (κ2) is 8.63. The van der Waals surface area contributed by atoms with E-state index in [0.29, 0.717) is 24.2 Å². The Bertz CT molecular complexity index is 786. The lowest BCUT2D eigenvalue weighted by molar-refractivity contribution is -0.136. The molecule has 0 spiro atoms. The lowest BCUT2D eigenvalue weighted by atomic mass is 10.1. The number of benzene rings is 2. The molecule has 0 aliphatic heterocycles. The monoisotopic (exact) mass is 340 g/mol. The van der Waals surface area contributed by atoms with Gasteiger partial charge in [-0.05, 0) is 37.1 Å². The molecule has 0 radical (unpaired) electrons. The van der Waals surface area contributed by atoms with Crippen LogP contribution in [0.5, 0.6) is 5.75 Å². The summed E-state index contributed by atoms with van der Waals surface area (Å²) in [5.74, 6) is -0.886. The molecule has 0 bridgehead atoms. The molecule has 0 saturated heterocycles. The summed E-state index contributed by atoms with van der Waals surface area (Å²) in [6, 6.07) is 13.9. The standard InChI is InChI=1S/C19H20N2O4/c1-13(22)15-7-5-8-16(12-15)21-19(24)18(23)20-11-10-14-6-3-4-9-17(14)25-2/h3-9,12H,10-11H2,1-2H3,(H,20,23)(H,21,24). The zero-order valence-corrected chi connectivity index (χ0v) is 14.2. The van der Waals surface area contributed by atoms with Gasteiger partial charge in [-0.3, -0.25) is 14.4 Å². The predicted molar refractivity (Wildman–Crippen MR) is 94.8 cm³/mol. The number of carbonyl (C=O) groups excluding carboxylic acids is 3. The Labute approximate surface area is 146 Å². The highest BCUT2D eigenvalue weighted by atomic mass is 16.5. The van der Waals surface area contributed by atoms with Crippen molar-refractivity contribution in [2.24, 2.45) is 0 Å². The zero-order valence-electron chi connectivity index (χ0n) is 14.2. The number of para-hydroxylation sites is 1. The van der Waals surface area contributed by atoms with Crippen molar-refractivity contribution in [2.75, 3.05) is 19.0 Å². The molecule has 130 valence electrons. The first-order valence-corrected chi connectivity index (χ1v) is 7.83. The van der Waals surface area contributed by atoms with Crippen LogP contribution in [0.3, 0.4) is 0 Å². The normalized spacial score (nSPS) is 10.0. The van der Waals surface area contributed by atoms with Gasteiger partial charge in [0.25, 0.3) is 0 Å². The summed E-state index contributed by atoms with van der Waals surface area (Å²) in [5.41, 5.74) is 1.81. The Morgan fingerprint density at radius 1 is 1.00 bits per heavy atom. The third-order valence-corrected chi connectivity index (χ3v) is 3.61. The van der Waals surface area contributed by atoms with Crippen molar-refractivity contribution in [1.82, 2.24) is 5.32 Å². The fraction of sp³-hybridized carbons (Fsp3) is 0.211. The molecule has 2 aromatic carbocycles. The van der Waals surface area contributed by atoms with E-state index in [-0.39, 0.29) is 5.78 Å². The third-order valence-electron chi connectivity index (χ3n) is 3.61. The Kier molecular flexibility index (Phi) is 6.28. The molecule has 2 amide bonds. The number of ether oxygens (including phenoxy) is 1. The van der Waals surface area contributed by atoms with Gasteiger partial charge < -0.3 is 15.4 Å². The average molecular weight is 340 g/mol. The van der Waals surface area contributed by atoms with Gasteiger partial charge in [-0.2, -0.15) is 0 Å². The Hall–Kier alpha value is -3.15. The zero-order chi connectivity index (χ0) is 18.2. The lowest BCUT2D eigenvalue weighted by Crippen LogP contribution is -2.36. The lowest BCUT2D eigenvalue weighted by Gasteiger charge is -2.09. The summed E-state index contributed by atoms with van der Waals surface area (Å²) < 4.78 is 5.24. The Morgan fingerprint density at radius 2 is 1.76 bits per heavy atom. The van der Waals surface area contributed by atoms with Gasteiger partial charge in [0.2, 0.25) is 0 Å². The number of hydrogen-bond donors (Lipinski definition) is 2. The van der Waals surface area contributed by atoms with Crippen LogP contribution in [0.1, 0.15) is 22.8 Å². The van der Waals surface area contributed by atoms with Crippen molar-refractivity contribution in [3.8, 4) is 5.75 Å². The van der Waals surface area contributed by atoms with Gasteiger partial charge in [-0.15, -0.1) is 0 Å². The van der Waals surface area contributed by atoms with Crippen LogP contribution in [0.15, 0.2) is 48.5 Å². The van der Waals surface area contributed by atoms with Gasteiger partial charge >= 0.3 is 11.8 Å². The van der Waals surface area contributed by atoms with Gasteiger partial charge in [0.05, 0.1) is 7.11 Å². The van der Waals surface area contributed by atoms with Crippen LogP contribution in [0, 0.1) is 0 Å². The number of amides is 2. The third kappa shape index (κ3) is 5.17. The Morgan fingerprint density at radius 3 is 2.48 bits per heavy atom. The minimum atomic E-state index is -0.777. The molecule has 2 aromatic rings. The molecule has 0 atom stereocenters. The first-order valence-electron chi connectivity index (χ1n) is 7.83. The molecule has 0 aliphatic rings. The fourth-order valence-corrected chi connectivity index (χ4v) is 2.30. The van der Waals surface area contributed by atoms with Gasteiger partial charge in [0.15, 0.2) is 5.78 Å². The van der Waals surface area contributed by atoms with E-state index in [9.17, 15) is 14.4 Å². The molecule has 0 aromatic heterocycles. The number of anilines is 1. The van der Waals surface area contributed by atoms with E-state index in [4.69, 9.17) is 4.74 Å². The van der Waals surface area contributed by atoms with Crippen LogP contribution in [0.25, 0.3) is 0 Å². The summed E-state index contributed by atoms with van der Waals surface area (Å²) in [6.45, 7) is 1.74. The van der Waals surface area contributed by atoms with Crippen molar-refractivity contribution in [3.05, 3.63) is 59.7 Å². The van der Waals surface area contributed by atoms with E-state index >= 15 is 0 Å². The number of nitrogens with one attached hydrogen (secondary N) is 2. The van der Waals surface area contributed by atoms with E-state index < -0.39 is 11.8 Å². The average Bonchev–Trinajstić information content (AvgIpc) is 2.62. The van der Waals surface area contributed by atoms with E-state index in [1.54, 1.807) is 25.3 Å². The largest absolute Gasteiger partial charge is 0.496 e. The molecule has 0 saturated carbocycles. The molecular weight excluding hydrogens is 320 g/mol. The molecule has 2 N–H and O–H groups in total. The first kappa shape index (κ1) is 18.2. The molecule has 0 aliphatic carbocycles. The summed E-state index contributed by atoms with van der Waals surface area (Å²) in [5, 5.41) is 5.05. The first-order chi connectivity index (χ1) is 12.0. The minimum Gasteiger partial charge on any atom is -0.496 e. The highest BCUT2D eigenvalue weighted by molar-refractivity contribution is 6.39. The van der Waals surface area contributed by atoms with Crippen LogP contribution in [-0.2, 0) is 16.0 Å². The number of methoxy groups -OCH3 is 1. The van der Waals surface area contributed by atoms with E-state index in [1.165, 1.54) is 13.0 Å². The second-order valence-electron chi connectivity index (χ2n) is 5.41. The molecule has 2 rings (SSSR count). The topological polar surface area (TPSA) is 84.5 Å². The van der Waals surface area contributed by atoms with E-state index in [0.717, 1.165) is 11.3 Å². The maximum atomic E-state index is 11.9. The van der Waals surface area contributed by atoms with Crippen molar-refractivity contribution in [2.45, 2.75) is 13.3 Å². The molecule has 0 heterocycles. The maximum Gasteiger partial charge on any atom is 0.313 e. The highest BCUT2D eigenvalue weighted by Gasteiger charge is 2.14. The summed E-state index contributed by atoms with van der Waals surface area (Å²) >= 11 is 0. The number of rotatable bonds is 6. The van der Waals surface area contributed by atoms with Crippen LogP contribution in [0.4, 0.5) is 5.69 Å². The van der Waals surface area contributed by atoms with Gasteiger partial charge in [-0.1, -0.05) is 30.3 Å². The quantitative estimate of drug-likeness (QED) is 0.624. The molecule has 6 nitrogen and oxygen atoms in total. The summed E-state index contributed by atoms with van der Waals surface area (Å²) in [7, 11) is 1.58. The Balaban J connectivity index is 1.87. The molecular formula is C19H20N2O4. The number of hydrogen-bond acceptors (Lipinski definition) is 4. The predicted octanol–water partition coefficient (Wildman–Crippen LogP) is 2.20. The highest BCUT2D eigenvalue weighted by Crippen LogP contribution is 2.17. The van der Waals surface area contributed by atoms with Crippen LogP contribution >= 0.6 is 0 Å². The number of carbonyl (C=O) groups is 3. The second-order valence-corrected chi connectivity index (χ2v) is 5.41. The van der Waals surface area contributed by atoms with Crippen molar-refractivity contribution < 1.29 is 19.1 Å². The van der Waals surface area contributed by atoms with E-state index in [2.05, 4.69) is 10.6 Å². The maximum absolute atomic E-state index is 11.9. The van der Waals surface area contributed by atoms with Crippen molar-refractivity contribution in [3.63, 3.8) is 0 Å². The van der Waals surface area contributed by atoms with Crippen LogP contribution < -0.4 is 15.4 Å². The number of ketones is 1. The van der Waals surface area contributed by atoms with E-state index in [1.807, 2.05) is 24.3 Å². The fourth-order valence-electron chi connectivity index (χ4n) is 2.30. The van der Waals surface area contributed by atoms with Crippen LogP contribution in [-0.4, -0.2) is 31.3 Å². The van der Waals surface area contributed by atoms with Crippen molar-refractivity contribution >= 4 is 23.3 Å². The van der Waals surface area contributed by atoms with Crippen molar-refractivity contribution in [1.29, 1.82) is 0 Å². The summed E-state index contributed by atoms with van der Waals surface area (Å²) in [4.78, 5) is 35.2. The van der Waals surface area contributed by atoms with Gasteiger partial charge in [0, 0.05) is 17.8 Å². The molecule has 6 heteroatoms. The molecule has 0 fully saturated rings. The molecule has 25 heavy (non-hydrogen) atoms. The summed E-state index contributed by atoms with van der Waals surface area (Å²) in [6.07, 6.45) is 0.544.